The molecule has 0 saturated carbocycles. The highest BCUT2D eigenvalue weighted by atomic mass is 79.9. The molecule has 0 saturated heterocycles. The third kappa shape index (κ3) is 2.96. The minimum absolute atomic E-state index is 0.763. The lowest BCUT2D eigenvalue weighted by Gasteiger charge is -2.17. The van der Waals surface area contributed by atoms with E-state index in [1.165, 1.54) is 16.9 Å². The lowest BCUT2D eigenvalue weighted by Crippen LogP contribution is -2.15. The Hall–Kier alpha value is -1.13. The quantitative estimate of drug-likeness (QED) is 0.797. The smallest absolute Gasteiger partial charge is 0.160 e. The van der Waals surface area contributed by atoms with E-state index in [-0.39, 0.29) is 0 Å². The van der Waals surface area contributed by atoms with Crippen molar-refractivity contribution in [3.05, 3.63) is 51.3 Å². The van der Waals surface area contributed by atoms with Crippen LogP contribution in [0.2, 0.25) is 0 Å². The standard InChI is InChI=1S/C13H12BrNOS/c1-15(13-7-6-11(9-16)17-13)8-10-4-2-3-5-12(10)14/h2-7,9H,8H2,1H3. The van der Waals surface area contributed by atoms with E-state index in [1.54, 1.807) is 0 Å². The minimum Gasteiger partial charge on any atom is -0.362 e. The minimum atomic E-state index is 0.763. The molecule has 4 heteroatoms. The number of hydrogen-bond donors (Lipinski definition) is 0. The van der Waals surface area contributed by atoms with Crippen molar-refractivity contribution in [2.75, 3.05) is 11.9 Å². The van der Waals surface area contributed by atoms with Crippen LogP contribution in [-0.2, 0) is 6.54 Å². The summed E-state index contributed by atoms with van der Waals surface area (Å²) in [5, 5.41) is 1.10. The van der Waals surface area contributed by atoms with Gasteiger partial charge in [-0.3, -0.25) is 4.79 Å². The summed E-state index contributed by atoms with van der Waals surface area (Å²) in [7, 11) is 2.03. The van der Waals surface area contributed by atoms with Crippen molar-refractivity contribution in [2.24, 2.45) is 0 Å². The van der Waals surface area contributed by atoms with E-state index in [9.17, 15) is 4.79 Å². The molecule has 0 amide bonds. The Bertz CT molecular complexity index is 524. The second kappa shape index (κ2) is 5.47. The average molecular weight is 310 g/mol. The zero-order chi connectivity index (χ0) is 12.3. The Morgan fingerprint density at radius 2 is 2.06 bits per heavy atom. The Kier molecular flexibility index (Phi) is 3.97. The number of thiophene rings is 1. The second-order valence-corrected chi connectivity index (χ2v) is 5.69. The molecule has 2 rings (SSSR count). The first-order valence-electron chi connectivity index (χ1n) is 5.20. The van der Waals surface area contributed by atoms with Crippen LogP contribution in [0, 0.1) is 0 Å². The van der Waals surface area contributed by atoms with Crippen molar-refractivity contribution in [1.29, 1.82) is 0 Å². The molecule has 0 aliphatic heterocycles. The summed E-state index contributed by atoms with van der Waals surface area (Å²) in [6, 6.07) is 12.0. The Balaban J connectivity index is 2.14. The molecule has 1 aromatic carbocycles. The van der Waals surface area contributed by atoms with Crippen LogP contribution in [0.5, 0.6) is 0 Å². The summed E-state index contributed by atoms with van der Waals surface area (Å²) < 4.78 is 1.11. The van der Waals surface area contributed by atoms with Gasteiger partial charge in [0.1, 0.15) is 0 Å². The molecule has 0 aliphatic carbocycles. The van der Waals surface area contributed by atoms with Gasteiger partial charge in [-0.15, -0.1) is 11.3 Å². The molecule has 0 unspecified atom stereocenters. The van der Waals surface area contributed by atoms with Crippen molar-refractivity contribution in [2.45, 2.75) is 6.54 Å². The SMILES string of the molecule is CN(Cc1ccccc1Br)c1ccc(C=O)s1. The van der Waals surface area contributed by atoms with Crippen molar-refractivity contribution >= 4 is 38.6 Å². The van der Waals surface area contributed by atoms with E-state index in [1.807, 2.05) is 37.4 Å². The van der Waals surface area contributed by atoms with Crippen molar-refractivity contribution in [1.82, 2.24) is 0 Å². The fraction of sp³-hybridized carbons (Fsp3) is 0.154. The number of rotatable bonds is 4. The number of benzene rings is 1. The van der Waals surface area contributed by atoms with Crippen LogP contribution in [0.15, 0.2) is 40.9 Å². The van der Waals surface area contributed by atoms with Gasteiger partial charge in [0, 0.05) is 18.1 Å². The predicted molar refractivity (Wildman–Crippen MR) is 76.0 cm³/mol. The molecule has 2 aromatic rings. The predicted octanol–water partition coefficient (Wildman–Crippen LogP) is 3.96. The van der Waals surface area contributed by atoms with Gasteiger partial charge in [0.05, 0.1) is 9.88 Å². The highest BCUT2D eigenvalue weighted by Crippen LogP contribution is 2.26. The number of halogens is 1. The maximum atomic E-state index is 10.6. The van der Waals surface area contributed by atoms with Crippen LogP contribution in [0.1, 0.15) is 15.2 Å². The number of hydrogen-bond acceptors (Lipinski definition) is 3. The molecule has 0 aliphatic rings. The molecular formula is C13H12BrNOS. The zero-order valence-electron chi connectivity index (χ0n) is 9.39. The first-order valence-corrected chi connectivity index (χ1v) is 6.81. The summed E-state index contributed by atoms with van der Waals surface area (Å²) in [6.45, 7) is 0.820. The molecule has 0 atom stereocenters. The zero-order valence-corrected chi connectivity index (χ0v) is 11.8. The number of carbonyl (C=O) groups excluding carboxylic acids is 1. The summed E-state index contributed by atoms with van der Waals surface area (Å²) >= 11 is 5.05. The molecule has 1 aromatic heterocycles. The van der Waals surface area contributed by atoms with Crippen LogP contribution < -0.4 is 4.90 Å². The van der Waals surface area contributed by atoms with E-state index < -0.39 is 0 Å². The number of aldehydes is 1. The van der Waals surface area contributed by atoms with E-state index in [0.717, 1.165) is 27.2 Å². The fourth-order valence-corrected chi connectivity index (χ4v) is 2.76. The van der Waals surface area contributed by atoms with Crippen LogP contribution in [-0.4, -0.2) is 13.3 Å². The maximum absolute atomic E-state index is 10.6. The third-order valence-electron chi connectivity index (χ3n) is 2.47. The number of carbonyl (C=O) groups is 1. The largest absolute Gasteiger partial charge is 0.362 e. The monoisotopic (exact) mass is 309 g/mol. The second-order valence-electron chi connectivity index (χ2n) is 3.74. The van der Waals surface area contributed by atoms with E-state index in [2.05, 4.69) is 26.9 Å². The van der Waals surface area contributed by atoms with Gasteiger partial charge in [0.25, 0.3) is 0 Å². The molecule has 1 heterocycles. The van der Waals surface area contributed by atoms with Gasteiger partial charge in [-0.2, -0.15) is 0 Å². The molecule has 0 spiro atoms. The third-order valence-corrected chi connectivity index (χ3v) is 4.37. The molecule has 0 fully saturated rings. The Morgan fingerprint density at radius 3 is 2.71 bits per heavy atom. The first kappa shape index (κ1) is 12.3. The molecule has 0 radical (unpaired) electrons. The number of anilines is 1. The van der Waals surface area contributed by atoms with E-state index in [4.69, 9.17) is 0 Å². The lowest BCUT2D eigenvalue weighted by atomic mass is 10.2. The van der Waals surface area contributed by atoms with E-state index in [0.29, 0.717) is 0 Å². The van der Waals surface area contributed by atoms with Crippen molar-refractivity contribution < 1.29 is 4.79 Å². The van der Waals surface area contributed by atoms with Crippen LogP contribution >= 0.6 is 27.3 Å². The summed E-state index contributed by atoms with van der Waals surface area (Å²) in [4.78, 5) is 13.5. The van der Waals surface area contributed by atoms with Gasteiger partial charge in [-0.1, -0.05) is 34.1 Å². The van der Waals surface area contributed by atoms with Gasteiger partial charge in [-0.05, 0) is 23.8 Å². The summed E-state index contributed by atoms with van der Waals surface area (Å²) in [5.74, 6) is 0. The topological polar surface area (TPSA) is 20.3 Å². The number of nitrogens with zero attached hydrogens (tertiary/aromatic N) is 1. The highest BCUT2D eigenvalue weighted by molar-refractivity contribution is 9.10. The van der Waals surface area contributed by atoms with Gasteiger partial charge in [-0.25, -0.2) is 0 Å². The fourth-order valence-electron chi connectivity index (χ4n) is 1.57. The highest BCUT2D eigenvalue weighted by Gasteiger charge is 2.07. The Morgan fingerprint density at radius 1 is 1.29 bits per heavy atom. The van der Waals surface area contributed by atoms with Crippen LogP contribution in [0.4, 0.5) is 5.00 Å². The van der Waals surface area contributed by atoms with Crippen LogP contribution in [0.25, 0.3) is 0 Å². The molecule has 17 heavy (non-hydrogen) atoms. The van der Waals surface area contributed by atoms with Gasteiger partial charge in [0.15, 0.2) is 6.29 Å². The van der Waals surface area contributed by atoms with Gasteiger partial charge < -0.3 is 4.90 Å². The molecule has 0 bridgehead atoms. The van der Waals surface area contributed by atoms with Crippen LogP contribution in [0.3, 0.4) is 0 Å². The van der Waals surface area contributed by atoms with Gasteiger partial charge in [0.2, 0.25) is 0 Å². The molecule has 2 nitrogen and oxygen atoms in total. The Labute approximate surface area is 113 Å². The average Bonchev–Trinajstić information content (AvgIpc) is 2.81. The molecule has 88 valence electrons. The van der Waals surface area contributed by atoms with Crippen molar-refractivity contribution in [3.8, 4) is 0 Å². The van der Waals surface area contributed by atoms with E-state index >= 15 is 0 Å². The maximum Gasteiger partial charge on any atom is 0.160 e. The van der Waals surface area contributed by atoms with Gasteiger partial charge >= 0.3 is 0 Å². The lowest BCUT2D eigenvalue weighted by molar-refractivity contribution is 0.112. The first-order chi connectivity index (χ1) is 8.20. The summed E-state index contributed by atoms with van der Waals surface area (Å²) in [6.07, 6.45) is 0.889. The molecular weight excluding hydrogens is 298 g/mol. The van der Waals surface area contributed by atoms with Crippen molar-refractivity contribution in [3.63, 3.8) is 0 Å². The molecule has 0 N–H and O–H groups in total. The summed E-state index contributed by atoms with van der Waals surface area (Å²) in [5.41, 5.74) is 1.23. The normalized spacial score (nSPS) is 10.2.